The van der Waals surface area contributed by atoms with Crippen molar-refractivity contribution in [1.29, 1.82) is 0 Å². The van der Waals surface area contributed by atoms with E-state index in [-0.39, 0.29) is 5.70 Å². The summed E-state index contributed by atoms with van der Waals surface area (Å²) in [6, 6.07) is 22.3. The van der Waals surface area contributed by atoms with Crippen LogP contribution < -0.4 is 10.6 Å². The van der Waals surface area contributed by atoms with Gasteiger partial charge in [-0.1, -0.05) is 52.3 Å². The van der Waals surface area contributed by atoms with Crippen molar-refractivity contribution in [3.05, 3.63) is 106 Å². The minimum absolute atomic E-state index is 0.0580. The third-order valence-corrected chi connectivity index (χ3v) is 4.78. The third kappa shape index (κ3) is 6.13. The van der Waals surface area contributed by atoms with Gasteiger partial charge in [0.05, 0.1) is 12.7 Å². The molecule has 2 amide bonds. The Balaban J connectivity index is 1.86. The fourth-order valence-electron chi connectivity index (χ4n) is 2.71. The van der Waals surface area contributed by atoms with Crippen molar-refractivity contribution in [2.24, 2.45) is 0 Å². The van der Waals surface area contributed by atoms with Crippen LogP contribution in [-0.2, 0) is 9.53 Å². The Morgan fingerprint density at radius 1 is 0.871 bits per heavy atom. The van der Waals surface area contributed by atoms with E-state index in [4.69, 9.17) is 4.74 Å². The Bertz CT molecular complexity index is 1130. The van der Waals surface area contributed by atoms with Gasteiger partial charge >= 0.3 is 5.97 Å². The standard InChI is InChI=1S/C24H19BrN2O4/c1-31-24(30)18-8-5-9-20(15-18)26-23(29)21(14-16-6-3-2-4-7-16)27-22(28)17-10-12-19(25)13-11-17/h2-15H,1H3,(H,26,29)(H,27,28)/b21-14+. The van der Waals surface area contributed by atoms with Gasteiger partial charge in [0.2, 0.25) is 0 Å². The van der Waals surface area contributed by atoms with E-state index in [9.17, 15) is 14.4 Å². The van der Waals surface area contributed by atoms with E-state index in [1.54, 1.807) is 48.5 Å². The molecule has 0 aromatic heterocycles. The second-order valence-electron chi connectivity index (χ2n) is 6.46. The number of nitrogens with one attached hydrogen (secondary N) is 2. The average molecular weight is 479 g/mol. The summed E-state index contributed by atoms with van der Waals surface area (Å²) in [6.07, 6.45) is 1.58. The Hall–Kier alpha value is -3.71. The summed E-state index contributed by atoms with van der Waals surface area (Å²) in [5.41, 5.74) is 1.90. The van der Waals surface area contributed by atoms with Crippen molar-refractivity contribution in [1.82, 2.24) is 5.32 Å². The molecule has 0 bridgehead atoms. The van der Waals surface area contributed by atoms with E-state index in [2.05, 4.69) is 26.6 Å². The second-order valence-corrected chi connectivity index (χ2v) is 7.37. The van der Waals surface area contributed by atoms with E-state index in [1.165, 1.54) is 13.2 Å². The van der Waals surface area contributed by atoms with Crippen LogP contribution in [0.2, 0.25) is 0 Å². The van der Waals surface area contributed by atoms with Crippen LogP contribution in [-0.4, -0.2) is 24.9 Å². The highest BCUT2D eigenvalue weighted by atomic mass is 79.9. The lowest BCUT2D eigenvalue weighted by Crippen LogP contribution is -2.30. The molecule has 2 N–H and O–H groups in total. The quantitative estimate of drug-likeness (QED) is 0.399. The zero-order valence-electron chi connectivity index (χ0n) is 16.6. The van der Waals surface area contributed by atoms with Crippen molar-refractivity contribution in [2.45, 2.75) is 0 Å². The Labute approximate surface area is 188 Å². The van der Waals surface area contributed by atoms with Gasteiger partial charge in [0.1, 0.15) is 5.70 Å². The summed E-state index contributed by atoms with van der Waals surface area (Å²) in [6.45, 7) is 0. The van der Waals surface area contributed by atoms with Crippen molar-refractivity contribution < 1.29 is 19.1 Å². The van der Waals surface area contributed by atoms with Gasteiger partial charge < -0.3 is 15.4 Å². The van der Waals surface area contributed by atoms with Gasteiger partial charge in [-0.15, -0.1) is 0 Å². The van der Waals surface area contributed by atoms with Crippen LogP contribution in [0.4, 0.5) is 5.69 Å². The number of halogens is 1. The minimum Gasteiger partial charge on any atom is -0.465 e. The normalized spacial score (nSPS) is 10.8. The highest BCUT2D eigenvalue weighted by Gasteiger charge is 2.16. The largest absolute Gasteiger partial charge is 0.465 e. The molecule has 0 saturated heterocycles. The summed E-state index contributed by atoms with van der Waals surface area (Å²) in [5.74, 6) is -1.47. The average Bonchev–Trinajstić information content (AvgIpc) is 2.79. The van der Waals surface area contributed by atoms with Gasteiger partial charge in [-0.05, 0) is 54.1 Å². The minimum atomic E-state index is -0.531. The number of hydrogen-bond donors (Lipinski definition) is 2. The summed E-state index contributed by atoms with van der Waals surface area (Å²) in [7, 11) is 1.28. The SMILES string of the molecule is COC(=O)c1cccc(NC(=O)/C(=C\c2ccccc2)NC(=O)c2ccc(Br)cc2)c1. The maximum absolute atomic E-state index is 13.0. The van der Waals surface area contributed by atoms with Gasteiger partial charge in [-0.25, -0.2) is 4.79 Å². The van der Waals surface area contributed by atoms with E-state index >= 15 is 0 Å². The molecule has 0 aliphatic rings. The number of benzene rings is 3. The fraction of sp³-hybridized carbons (Fsp3) is 0.0417. The third-order valence-electron chi connectivity index (χ3n) is 4.25. The molecule has 3 aromatic rings. The first kappa shape index (κ1) is 22.0. The number of hydrogen-bond acceptors (Lipinski definition) is 4. The molecule has 0 unspecified atom stereocenters. The zero-order valence-corrected chi connectivity index (χ0v) is 18.2. The first-order valence-electron chi connectivity index (χ1n) is 9.29. The van der Waals surface area contributed by atoms with Crippen LogP contribution in [0.5, 0.6) is 0 Å². The first-order chi connectivity index (χ1) is 15.0. The molecule has 0 fully saturated rings. The second kappa shape index (κ2) is 10.4. The summed E-state index contributed by atoms with van der Waals surface area (Å²) < 4.78 is 5.55. The smallest absolute Gasteiger partial charge is 0.337 e. The topological polar surface area (TPSA) is 84.5 Å². The molecule has 31 heavy (non-hydrogen) atoms. The number of carbonyl (C=O) groups excluding carboxylic acids is 3. The molecular formula is C24H19BrN2O4. The highest BCUT2D eigenvalue weighted by Crippen LogP contribution is 2.15. The molecule has 0 saturated carbocycles. The van der Waals surface area contributed by atoms with Crippen molar-refractivity contribution in [2.75, 3.05) is 12.4 Å². The number of ether oxygens (including phenoxy) is 1. The first-order valence-corrected chi connectivity index (χ1v) is 10.1. The van der Waals surface area contributed by atoms with Crippen molar-refractivity contribution in [3.8, 4) is 0 Å². The fourth-order valence-corrected chi connectivity index (χ4v) is 2.97. The van der Waals surface area contributed by atoms with E-state index in [0.717, 1.165) is 10.0 Å². The molecule has 0 atom stereocenters. The van der Waals surface area contributed by atoms with E-state index < -0.39 is 17.8 Å². The molecule has 156 valence electrons. The number of esters is 1. The molecule has 7 heteroatoms. The summed E-state index contributed by atoms with van der Waals surface area (Å²) in [4.78, 5) is 37.4. The zero-order chi connectivity index (χ0) is 22.2. The number of amides is 2. The lowest BCUT2D eigenvalue weighted by Gasteiger charge is -2.12. The molecular weight excluding hydrogens is 460 g/mol. The summed E-state index contributed by atoms with van der Waals surface area (Å²) >= 11 is 3.33. The number of rotatable bonds is 6. The Kier molecular flexibility index (Phi) is 7.35. The molecule has 0 aliphatic carbocycles. The van der Waals surface area contributed by atoms with Gasteiger partial charge in [0.25, 0.3) is 11.8 Å². The van der Waals surface area contributed by atoms with Gasteiger partial charge in [-0.2, -0.15) is 0 Å². The van der Waals surface area contributed by atoms with Crippen LogP contribution >= 0.6 is 15.9 Å². The maximum atomic E-state index is 13.0. The van der Waals surface area contributed by atoms with Crippen LogP contribution in [0.25, 0.3) is 6.08 Å². The molecule has 3 aromatic carbocycles. The van der Waals surface area contributed by atoms with Gasteiger partial charge in [-0.3, -0.25) is 9.59 Å². The van der Waals surface area contributed by atoms with Gasteiger partial charge in [0.15, 0.2) is 0 Å². The monoisotopic (exact) mass is 478 g/mol. The summed E-state index contributed by atoms with van der Waals surface area (Å²) in [5, 5.41) is 5.38. The molecule has 6 nitrogen and oxygen atoms in total. The number of anilines is 1. The predicted molar refractivity (Wildman–Crippen MR) is 122 cm³/mol. The molecule has 0 radical (unpaired) electrons. The van der Waals surface area contributed by atoms with Crippen LogP contribution in [0, 0.1) is 0 Å². The van der Waals surface area contributed by atoms with E-state index in [0.29, 0.717) is 16.8 Å². The van der Waals surface area contributed by atoms with E-state index in [1.807, 2.05) is 30.3 Å². The Morgan fingerprint density at radius 2 is 1.58 bits per heavy atom. The van der Waals surface area contributed by atoms with Crippen LogP contribution in [0.3, 0.4) is 0 Å². The number of carbonyl (C=O) groups is 3. The van der Waals surface area contributed by atoms with Gasteiger partial charge in [0, 0.05) is 15.7 Å². The molecule has 0 spiro atoms. The van der Waals surface area contributed by atoms with Crippen LogP contribution in [0.1, 0.15) is 26.3 Å². The lowest BCUT2D eigenvalue weighted by atomic mass is 10.1. The molecule has 0 heterocycles. The Morgan fingerprint density at radius 3 is 2.26 bits per heavy atom. The highest BCUT2D eigenvalue weighted by molar-refractivity contribution is 9.10. The van der Waals surface area contributed by atoms with Crippen LogP contribution in [0.15, 0.2) is 89.0 Å². The molecule has 0 aliphatic heterocycles. The van der Waals surface area contributed by atoms with Crippen molar-refractivity contribution >= 4 is 45.5 Å². The number of methoxy groups -OCH3 is 1. The maximum Gasteiger partial charge on any atom is 0.337 e. The predicted octanol–water partition coefficient (Wildman–Crippen LogP) is 4.65. The molecule has 3 rings (SSSR count). The van der Waals surface area contributed by atoms with Crippen molar-refractivity contribution in [3.63, 3.8) is 0 Å². The lowest BCUT2D eigenvalue weighted by molar-refractivity contribution is -0.113.